The van der Waals surface area contributed by atoms with Crippen molar-refractivity contribution in [1.29, 1.82) is 0 Å². The van der Waals surface area contributed by atoms with Crippen LogP contribution in [0.25, 0.3) is 16.5 Å². The van der Waals surface area contributed by atoms with Crippen LogP contribution in [0.2, 0.25) is 5.15 Å². The van der Waals surface area contributed by atoms with Gasteiger partial charge < -0.3 is 0 Å². The van der Waals surface area contributed by atoms with Crippen molar-refractivity contribution in [1.82, 2.24) is 9.55 Å². The number of rotatable bonds is 1. The fraction of sp³-hybridized carbons (Fsp3) is 0.0667. The Morgan fingerprint density at radius 3 is 2.55 bits per heavy atom. The third-order valence-corrected chi connectivity index (χ3v) is 3.66. The normalized spacial score (nSPS) is 10.9. The highest BCUT2D eigenvalue weighted by atomic mass is 35.5. The maximum Gasteiger partial charge on any atom is 0.334 e. The van der Waals surface area contributed by atoms with Crippen LogP contribution in [-0.4, -0.2) is 9.55 Å². The zero-order valence-electron chi connectivity index (χ0n) is 10.7. The molecule has 3 rings (SSSR count). The average molecular weight is 287 g/mol. The molecule has 0 atom stereocenters. The van der Waals surface area contributed by atoms with E-state index in [9.17, 15) is 9.59 Å². The fourth-order valence-electron chi connectivity index (χ4n) is 2.22. The summed E-state index contributed by atoms with van der Waals surface area (Å²) in [6, 6.07) is 13.1. The zero-order valence-corrected chi connectivity index (χ0v) is 11.4. The Morgan fingerprint density at radius 2 is 1.75 bits per heavy atom. The predicted octanol–water partition coefficient (Wildman–Crippen LogP) is 2.64. The molecule has 0 aliphatic heterocycles. The van der Waals surface area contributed by atoms with Crippen molar-refractivity contribution >= 4 is 22.4 Å². The molecule has 0 aliphatic rings. The van der Waals surface area contributed by atoms with E-state index in [0.29, 0.717) is 11.3 Å². The van der Waals surface area contributed by atoms with Gasteiger partial charge in [0.15, 0.2) is 0 Å². The van der Waals surface area contributed by atoms with Crippen LogP contribution in [0.5, 0.6) is 0 Å². The summed E-state index contributed by atoms with van der Waals surface area (Å²) in [5.41, 5.74) is -0.0784. The van der Waals surface area contributed by atoms with Gasteiger partial charge in [-0.05, 0) is 18.4 Å². The molecule has 1 N–H and O–H groups in total. The van der Waals surface area contributed by atoms with Gasteiger partial charge in [-0.15, -0.1) is 0 Å². The first kappa shape index (κ1) is 12.7. The molecule has 0 saturated heterocycles. The molecule has 2 aromatic carbocycles. The van der Waals surface area contributed by atoms with E-state index in [-0.39, 0.29) is 5.15 Å². The number of hydrogen-bond acceptors (Lipinski definition) is 2. The molecule has 0 aliphatic carbocycles. The van der Waals surface area contributed by atoms with Gasteiger partial charge in [0.1, 0.15) is 5.15 Å². The molecule has 0 amide bonds. The minimum atomic E-state index is -0.540. The quantitative estimate of drug-likeness (QED) is 0.699. The molecular weight excluding hydrogens is 276 g/mol. The van der Waals surface area contributed by atoms with E-state index in [1.165, 1.54) is 0 Å². The second-order valence-corrected chi connectivity index (χ2v) is 4.89. The molecule has 0 unspecified atom stereocenters. The summed E-state index contributed by atoms with van der Waals surface area (Å²) in [5, 5.41) is 1.88. The van der Waals surface area contributed by atoms with E-state index < -0.39 is 11.2 Å². The van der Waals surface area contributed by atoms with Crippen LogP contribution in [0.1, 0.15) is 5.56 Å². The molecule has 4 nitrogen and oxygen atoms in total. The van der Waals surface area contributed by atoms with E-state index >= 15 is 0 Å². The van der Waals surface area contributed by atoms with E-state index in [1.54, 1.807) is 13.0 Å². The first-order chi connectivity index (χ1) is 9.59. The van der Waals surface area contributed by atoms with Crippen LogP contribution in [0.3, 0.4) is 0 Å². The van der Waals surface area contributed by atoms with Crippen molar-refractivity contribution in [2.75, 3.05) is 0 Å². The van der Waals surface area contributed by atoms with Gasteiger partial charge in [-0.1, -0.05) is 48.0 Å². The maximum atomic E-state index is 12.3. The number of benzene rings is 2. The lowest BCUT2D eigenvalue weighted by Crippen LogP contribution is -2.35. The summed E-state index contributed by atoms with van der Waals surface area (Å²) in [5.74, 6) is 0. The molecule has 1 aromatic heterocycles. The standard InChI is InChI=1S/C15H11ClN2O2/c1-9-13(16)17-15(20)18(14(9)19)12-8-4-6-10-5-2-3-7-11(10)12/h2-8H,1H3,(H,17,20). The predicted molar refractivity (Wildman–Crippen MR) is 79.9 cm³/mol. The molecule has 0 radical (unpaired) electrons. The highest BCUT2D eigenvalue weighted by molar-refractivity contribution is 6.30. The topological polar surface area (TPSA) is 54.9 Å². The van der Waals surface area contributed by atoms with E-state index in [0.717, 1.165) is 15.3 Å². The lowest BCUT2D eigenvalue weighted by Gasteiger charge is -2.09. The maximum absolute atomic E-state index is 12.3. The number of fused-ring (bicyclic) bond motifs is 1. The van der Waals surface area contributed by atoms with Crippen LogP contribution >= 0.6 is 11.6 Å². The Bertz CT molecular complexity index is 920. The van der Waals surface area contributed by atoms with Gasteiger partial charge in [0, 0.05) is 5.39 Å². The van der Waals surface area contributed by atoms with Crippen LogP contribution < -0.4 is 11.2 Å². The second kappa shape index (κ2) is 4.65. The van der Waals surface area contributed by atoms with Gasteiger partial charge in [-0.3, -0.25) is 9.78 Å². The highest BCUT2D eigenvalue weighted by Crippen LogP contribution is 2.20. The zero-order chi connectivity index (χ0) is 14.3. The Morgan fingerprint density at radius 1 is 1.05 bits per heavy atom. The number of hydrogen-bond donors (Lipinski definition) is 1. The number of nitrogens with zero attached hydrogens (tertiary/aromatic N) is 1. The van der Waals surface area contributed by atoms with Crippen LogP contribution in [0, 0.1) is 6.92 Å². The molecule has 5 heteroatoms. The smallest absolute Gasteiger partial charge is 0.297 e. The van der Waals surface area contributed by atoms with Gasteiger partial charge in [-0.2, -0.15) is 0 Å². The Kier molecular flexibility index (Phi) is 2.95. The first-order valence-corrected chi connectivity index (χ1v) is 6.47. The molecule has 0 spiro atoms. The third-order valence-electron chi connectivity index (χ3n) is 3.28. The van der Waals surface area contributed by atoms with E-state index in [4.69, 9.17) is 11.6 Å². The molecule has 0 bridgehead atoms. The molecule has 3 aromatic rings. The summed E-state index contributed by atoms with van der Waals surface area (Å²) in [6.07, 6.45) is 0. The van der Waals surface area contributed by atoms with Crippen molar-refractivity contribution in [2.45, 2.75) is 6.92 Å². The first-order valence-electron chi connectivity index (χ1n) is 6.09. The minimum Gasteiger partial charge on any atom is -0.297 e. The Hall–Kier alpha value is -2.33. The van der Waals surface area contributed by atoms with Crippen molar-refractivity contribution in [3.63, 3.8) is 0 Å². The lowest BCUT2D eigenvalue weighted by atomic mass is 10.1. The molecular formula is C15H11ClN2O2. The van der Waals surface area contributed by atoms with Gasteiger partial charge in [0.05, 0.1) is 11.3 Å². The van der Waals surface area contributed by atoms with E-state index in [2.05, 4.69) is 4.98 Å². The summed E-state index contributed by atoms with van der Waals surface area (Å²) < 4.78 is 1.11. The number of H-pyrrole nitrogens is 1. The molecule has 0 fully saturated rings. The van der Waals surface area contributed by atoms with Crippen molar-refractivity contribution in [3.8, 4) is 5.69 Å². The van der Waals surface area contributed by atoms with Crippen LogP contribution in [0.15, 0.2) is 52.1 Å². The van der Waals surface area contributed by atoms with Crippen LogP contribution in [-0.2, 0) is 0 Å². The third kappa shape index (κ3) is 1.85. The second-order valence-electron chi connectivity index (χ2n) is 4.51. The summed E-state index contributed by atoms with van der Waals surface area (Å²) in [6.45, 7) is 1.59. The number of aromatic amines is 1. The summed E-state index contributed by atoms with van der Waals surface area (Å²) >= 11 is 5.83. The number of nitrogens with one attached hydrogen (secondary N) is 1. The SMILES string of the molecule is Cc1c(Cl)[nH]c(=O)n(-c2cccc3ccccc23)c1=O. The van der Waals surface area contributed by atoms with Crippen molar-refractivity contribution in [3.05, 3.63) is 74.0 Å². The molecule has 100 valence electrons. The Labute approximate surface area is 119 Å². The Balaban J connectivity index is 2.47. The van der Waals surface area contributed by atoms with Gasteiger partial charge in [-0.25, -0.2) is 9.36 Å². The lowest BCUT2D eigenvalue weighted by molar-refractivity contribution is 0.865. The largest absolute Gasteiger partial charge is 0.334 e. The van der Waals surface area contributed by atoms with Crippen molar-refractivity contribution in [2.24, 2.45) is 0 Å². The summed E-state index contributed by atoms with van der Waals surface area (Å²) in [4.78, 5) is 26.9. The molecule has 0 saturated carbocycles. The monoisotopic (exact) mass is 286 g/mol. The minimum absolute atomic E-state index is 0.0801. The van der Waals surface area contributed by atoms with Gasteiger partial charge in [0.2, 0.25) is 0 Å². The van der Waals surface area contributed by atoms with Gasteiger partial charge >= 0.3 is 5.69 Å². The van der Waals surface area contributed by atoms with Crippen LogP contribution in [0.4, 0.5) is 0 Å². The highest BCUT2D eigenvalue weighted by Gasteiger charge is 2.12. The van der Waals surface area contributed by atoms with E-state index in [1.807, 2.05) is 36.4 Å². The fourth-order valence-corrected chi connectivity index (χ4v) is 2.38. The number of halogens is 1. The van der Waals surface area contributed by atoms with Crippen molar-refractivity contribution < 1.29 is 0 Å². The average Bonchev–Trinajstić information content (AvgIpc) is 2.45. The number of aromatic nitrogens is 2. The molecule has 20 heavy (non-hydrogen) atoms. The van der Waals surface area contributed by atoms with Gasteiger partial charge in [0.25, 0.3) is 5.56 Å². The molecule has 1 heterocycles. The summed E-state index contributed by atoms with van der Waals surface area (Å²) in [7, 11) is 0.